The first-order chi connectivity index (χ1) is 7.68. The summed E-state index contributed by atoms with van der Waals surface area (Å²) in [7, 11) is 0. The number of ether oxygens (including phenoxy) is 1. The van der Waals surface area contributed by atoms with E-state index in [1.165, 1.54) is 0 Å². The third kappa shape index (κ3) is 3.25. The standard InChI is InChI=1S/C11H19N3OS/c1-9-14-10(6-16-9)5-12-3-4-15-11(2)7-13-8-11/h6,12-13H,3-5,7-8H2,1-2H3. The molecule has 1 aromatic heterocycles. The van der Waals surface area contributed by atoms with Crippen LogP contribution in [-0.4, -0.2) is 36.8 Å². The number of hydrogen-bond acceptors (Lipinski definition) is 5. The maximum atomic E-state index is 5.77. The van der Waals surface area contributed by atoms with E-state index in [2.05, 4.69) is 27.9 Å². The Labute approximate surface area is 100 Å². The monoisotopic (exact) mass is 241 g/mol. The Morgan fingerprint density at radius 3 is 3.00 bits per heavy atom. The van der Waals surface area contributed by atoms with Gasteiger partial charge in [-0.05, 0) is 13.8 Å². The maximum absolute atomic E-state index is 5.77. The molecule has 1 saturated heterocycles. The number of nitrogens with one attached hydrogen (secondary N) is 2. The smallest absolute Gasteiger partial charge is 0.0902 e. The maximum Gasteiger partial charge on any atom is 0.0902 e. The summed E-state index contributed by atoms with van der Waals surface area (Å²) in [5.41, 5.74) is 1.19. The molecule has 0 bridgehead atoms. The average molecular weight is 241 g/mol. The van der Waals surface area contributed by atoms with Crippen LogP contribution in [0.4, 0.5) is 0 Å². The Morgan fingerprint density at radius 2 is 2.44 bits per heavy atom. The van der Waals surface area contributed by atoms with Gasteiger partial charge in [0.25, 0.3) is 0 Å². The molecule has 4 nitrogen and oxygen atoms in total. The summed E-state index contributed by atoms with van der Waals surface area (Å²) in [6.45, 7) is 8.60. The van der Waals surface area contributed by atoms with Crippen molar-refractivity contribution < 1.29 is 4.74 Å². The second-order valence-electron chi connectivity index (χ2n) is 4.44. The van der Waals surface area contributed by atoms with Gasteiger partial charge in [-0.25, -0.2) is 4.98 Å². The highest BCUT2D eigenvalue weighted by molar-refractivity contribution is 7.09. The molecule has 1 aliphatic heterocycles. The lowest BCUT2D eigenvalue weighted by Crippen LogP contribution is -2.59. The molecule has 0 saturated carbocycles. The summed E-state index contributed by atoms with van der Waals surface area (Å²) < 4.78 is 5.77. The van der Waals surface area contributed by atoms with Crippen LogP contribution in [0.2, 0.25) is 0 Å². The van der Waals surface area contributed by atoms with Crippen LogP contribution in [-0.2, 0) is 11.3 Å². The lowest BCUT2D eigenvalue weighted by molar-refractivity contribution is -0.0648. The molecule has 2 rings (SSSR count). The van der Waals surface area contributed by atoms with Crippen molar-refractivity contribution in [3.63, 3.8) is 0 Å². The van der Waals surface area contributed by atoms with Crippen LogP contribution in [0.1, 0.15) is 17.6 Å². The van der Waals surface area contributed by atoms with Crippen LogP contribution < -0.4 is 10.6 Å². The van der Waals surface area contributed by atoms with E-state index < -0.39 is 0 Å². The molecule has 0 aromatic carbocycles. The lowest BCUT2D eigenvalue weighted by Gasteiger charge is -2.39. The minimum Gasteiger partial charge on any atom is -0.371 e. The number of aromatic nitrogens is 1. The minimum atomic E-state index is 0.0684. The number of aryl methyl sites for hydroxylation is 1. The molecule has 0 atom stereocenters. The van der Waals surface area contributed by atoms with E-state index in [0.717, 1.165) is 43.5 Å². The Balaban J connectivity index is 1.55. The number of nitrogens with zero attached hydrogens (tertiary/aromatic N) is 1. The first-order valence-electron chi connectivity index (χ1n) is 5.64. The third-order valence-electron chi connectivity index (χ3n) is 2.70. The molecule has 0 aliphatic carbocycles. The van der Waals surface area contributed by atoms with Crippen molar-refractivity contribution >= 4 is 11.3 Å². The average Bonchev–Trinajstić information content (AvgIpc) is 2.61. The zero-order valence-electron chi connectivity index (χ0n) is 9.88. The molecule has 1 aromatic rings. The van der Waals surface area contributed by atoms with Gasteiger partial charge in [0.05, 0.1) is 22.9 Å². The largest absolute Gasteiger partial charge is 0.371 e. The van der Waals surface area contributed by atoms with Crippen LogP contribution in [0.25, 0.3) is 0 Å². The van der Waals surface area contributed by atoms with Crippen LogP contribution in [0.5, 0.6) is 0 Å². The van der Waals surface area contributed by atoms with Gasteiger partial charge in [0.1, 0.15) is 0 Å². The molecule has 0 spiro atoms. The normalized spacial score (nSPS) is 18.4. The van der Waals surface area contributed by atoms with E-state index >= 15 is 0 Å². The van der Waals surface area contributed by atoms with Gasteiger partial charge in [0.2, 0.25) is 0 Å². The van der Waals surface area contributed by atoms with Gasteiger partial charge in [0.15, 0.2) is 0 Å². The molecule has 0 unspecified atom stereocenters. The Hall–Kier alpha value is -0.490. The summed E-state index contributed by atoms with van der Waals surface area (Å²) in [4.78, 5) is 4.39. The Bertz CT molecular complexity index is 336. The van der Waals surface area contributed by atoms with E-state index in [1.807, 2.05) is 6.92 Å². The van der Waals surface area contributed by atoms with Gasteiger partial charge in [-0.2, -0.15) is 0 Å². The van der Waals surface area contributed by atoms with Gasteiger partial charge < -0.3 is 15.4 Å². The Morgan fingerprint density at radius 1 is 1.62 bits per heavy atom. The molecule has 5 heteroatoms. The highest BCUT2D eigenvalue weighted by Crippen LogP contribution is 2.14. The minimum absolute atomic E-state index is 0.0684. The summed E-state index contributed by atoms with van der Waals surface area (Å²) in [5, 5.41) is 9.78. The quantitative estimate of drug-likeness (QED) is 0.727. The molecular formula is C11H19N3OS. The van der Waals surface area contributed by atoms with Crippen molar-refractivity contribution in [2.45, 2.75) is 26.0 Å². The number of hydrogen-bond donors (Lipinski definition) is 2. The second-order valence-corrected chi connectivity index (χ2v) is 5.50. The van der Waals surface area contributed by atoms with Gasteiger partial charge in [0, 0.05) is 31.6 Å². The summed E-state index contributed by atoms with van der Waals surface area (Å²) >= 11 is 1.69. The van der Waals surface area contributed by atoms with Crippen molar-refractivity contribution in [3.8, 4) is 0 Å². The molecule has 16 heavy (non-hydrogen) atoms. The van der Waals surface area contributed by atoms with Crippen molar-refractivity contribution in [1.82, 2.24) is 15.6 Å². The van der Waals surface area contributed by atoms with E-state index in [0.29, 0.717) is 0 Å². The molecule has 0 amide bonds. The summed E-state index contributed by atoms with van der Waals surface area (Å²) in [5.74, 6) is 0. The van der Waals surface area contributed by atoms with E-state index in [-0.39, 0.29) is 5.60 Å². The van der Waals surface area contributed by atoms with Gasteiger partial charge in [-0.1, -0.05) is 0 Å². The lowest BCUT2D eigenvalue weighted by atomic mass is 10.0. The Kier molecular flexibility index (Phi) is 3.91. The number of rotatable bonds is 6. The fraction of sp³-hybridized carbons (Fsp3) is 0.727. The topological polar surface area (TPSA) is 46.2 Å². The van der Waals surface area contributed by atoms with Crippen LogP contribution in [0, 0.1) is 6.92 Å². The molecule has 1 aliphatic rings. The highest BCUT2D eigenvalue weighted by Gasteiger charge is 2.31. The molecule has 0 radical (unpaired) electrons. The van der Waals surface area contributed by atoms with Gasteiger partial charge in [-0.3, -0.25) is 0 Å². The van der Waals surface area contributed by atoms with Crippen LogP contribution >= 0.6 is 11.3 Å². The van der Waals surface area contributed by atoms with Gasteiger partial charge >= 0.3 is 0 Å². The molecule has 2 N–H and O–H groups in total. The molecule has 90 valence electrons. The third-order valence-corrected chi connectivity index (χ3v) is 3.52. The van der Waals surface area contributed by atoms with Crippen molar-refractivity contribution in [3.05, 3.63) is 16.1 Å². The van der Waals surface area contributed by atoms with E-state index in [9.17, 15) is 0 Å². The number of thiazole rings is 1. The fourth-order valence-corrected chi connectivity index (χ4v) is 2.27. The van der Waals surface area contributed by atoms with Crippen molar-refractivity contribution in [2.24, 2.45) is 0 Å². The molecular weight excluding hydrogens is 222 g/mol. The zero-order valence-corrected chi connectivity index (χ0v) is 10.7. The second kappa shape index (κ2) is 5.23. The SMILES string of the molecule is Cc1nc(CNCCOC2(C)CNC2)cs1. The molecule has 2 heterocycles. The van der Waals surface area contributed by atoms with E-state index in [4.69, 9.17) is 4.74 Å². The van der Waals surface area contributed by atoms with Crippen LogP contribution in [0.15, 0.2) is 5.38 Å². The zero-order chi connectivity index (χ0) is 11.4. The fourth-order valence-electron chi connectivity index (χ4n) is 1.65. The van der Waals surface area contributed by atoms with Crippen molar-refractivity contribution in [1.29, 1.82) is 0 Å². The predicted molar refractivity (Wildman–Crippen MR) is 65.8 cm³/mol. The highest BCUT2D eigenvalue weighted by atomic mass is 32.1. The van der Waals surface area contributed by atoms with Crippen molar-refractivity contribution in [2.75, 3.05) is 26.2 Å². The first kappa shape index (κ1) is 12.0. The van der Waals surface area contributed by atoms with Gasteiger partial charge in [-0.15, -0.1) is 11.3 Å². The van der Waals surface area contributed by atoms with Crippen LogP contribution in [0.3, 0.4) is 0 Å². The van der Waals surface area contributed by atoms with E-state index in [1.54, 1.807) is 11.3 Å². The first-order valence-corrected chi connectivity index (χ1v) is 6.52. The summed E-state index contributed by atoms with van der Waals surface area (Å²) in [6, 6.07) is 0. The molecule has 1 fully saturated rings. The summed E-state index contributed by atoms with van der Waals surface area (Å²) in [6.07, 6.45) is 0. The predicted octanol–water partition coefficient (Wildman–Crippen LogP) is 0.920.